The Labute approximate surface area is 134 Å². The molecular weight excluding hydrogens is 302 g/mol. The highest BCUT2D eigenvalue weighted by Gasteiger charge is 2.07. The first kappa shape index (κ1) is 15.9. The molecule has 21 heavy (non-hydrogen) atoms. The Balaban J connectivity index is 1.84. The smallest absolute Gasteiger partial charge is 0.225 e. The van der Waals surface area contributed by atoms with Crippen molar-refractivity contribution < 1.29 is 4.79 Å². The summed E-state index contributed by atoms with van der Waals surface area (Å²) in [5, 5.41) is 3.73. The number of para-hydroxylation sites is 1. The third kappa shape index (κ3) is 4.80. The van der Waals surface area contributed by atoms with Gasteiger partial charge in [0, 0.05) is 27.8 Å². The van der Waals surface area contributed by atoms with Gasteiger partial charge in [-0.05, 0) is 49.2 Å². The highest BCUT2D eigenvalue weighted by molar-refractivity contribution is 7.99. The molecule has 2 rings (SSSR count). The lowest BCUT2D eigenvalue weighted by atomic mass is 10.1. The molecule has 0 saturated heterocycles. The van der Waals surface area contributed by atoms with Gasteiger partial charge in [-0.15, -0.1) is 11.8 Å². The summed E-state index contributed by atoms with van der Waals surface area (Å²) < 4.78 is 0. The Morgan fingerprint density at radius 2 is 1.71 bits per heavy atom. The van der Waals surface area contributed by atoms with Crippen LogP contribution in [0.25, 0.3) is 0 Å². The first-order valence-electron chi connectivity index (χ1n) is 6.80. The number of carbonyl (C=O) groups excluding carboxylic acids is 1. The highest BCUT2D eigenvalue weighted by atomic mass is 35.5. The van der Waals surface area contributed by atoms with E-state index in [1.165, 1.54) is 0 Å². The number of halogens is 1. The van der Waals surface area contributed by atoms with Crippen molar-refractivity contribution in [2.75, 3.05) is 11.1 Å². The van der Waals surface area contributed by atoms with Gasteiger partial charge in [0.15, 0.2) is 0 Å². The van der Waals surface area contributed by atoms with Crippen LogP contribution in [-0.4, -0.2) is 11.7 Å². The summed E-state index contributed by atoms with van der Waals surface area (Å²) in [6.45, 7) is 4.01. The van der Waals surface area contributed by atoms with E-state index in [1.807, 2.05) is 56.3 Å². The van der Waals surface area contributed by atoms with Crippen LogP contribution in [-0.2, 0) is 4.79 Å². The van der Waals surface area contributed by atoms with Gasteiger partial charge < -0.3 is 5.32 Å². The third-order valence-electron chi connectivity index (χ3n) is 3.16. The maximum Gasteiger partial charge on any atom is 0.225 e. The van der Waals surface area contributed by atoms with E-state index < -0.39 is 0 Å². The van der Waals surface area contributed by atoms with Crippen molar-refractivity contribution in [1.29, 1.82) is 0 Å². The zero-order valence-corrected chi connectivity index (χ0v) is 13.7. The van der Waals surface area contributed by atoms with Gasteiger partial charge in [0.25, 0.3) is 0 Å². The molecule has 0 radical (unpaired) electrons. The van der Waals surface area contributed by atoms with Gasteiger partial charge in [0.05, 0.1) is 0 Å². The van der Waals surface area contributed by atoms with Crippen LogP contribution in [0, 0.1) is 13.8 Å². The summed E-state index contributed by atoms with van der Waals surface area (Å²) in [4.78, 5) is 13.1. The largest absolute Gasteiger partial charge is 0.326 e. The van der Waals surface area contributed by atoms with Crippen molar-refractivity contribution in [2.45, 2.75) is 25.2 Å². The molecule has 0 atom stereocenters. The topological polar surface area (TPSA) is 29.1 Å². The fraction of sp³-hybridized carbons (Fsp3) is 0.235. The quantitative estimate of drug-likeness (QED) is 0.779. The van der Waals surface area contributed by atoms with E-state index in [-0.39, 0.29) is 5.91 Å². The predicted octanol–water partition coefficient (Wildman–Crippen LogP) is 5.08. The predicted molar refractivity (Wildman–Crippen MR) is 91.3 cm³/mol. The molecule has 0 spiro atoms. The summed E-state index contributed by atoms with van der Waals surface area (Å²) in [6, 6.07) is 13.7. The standard InChI is InChI=1S/C17H18ClNOS/c1-12-4-3-5-13(2)17(12)19-16(20)10-11-21-15-8-6-14(18)7-9-15/h3-9H,10-11H2,1-2H3,(H,19,20). The van der Waals surface area contributed by atoms with Crippen LogP contribution in [0.15, 0.2) is 47.4 Å². The van der Waals surface area contributed by atoms with Crippen molar-refractivity contribution >= 4 is 35.0 Å². The van der Waals surface area contributed by atoms with Gasteiger partial charge in [0.2, 0.25) is 5.91 Å². The first-order valence-corrected chi connectivity index (χ1v) is 8.17. The Hall–Kier alpha value is -1.45. The molecule has 2 aromatic carbocycles. The number of thioether (sulfide) groups is 1. The number of amides is 1. The summed E-state index contributed by atoms with van der Waals surface area (Å²) >= 11 is 7.50. The van der Waals surface area contributed by atoms with E-state index in [9.17, 15) is 4.79 Å². The monoisotopic (exact) mass is 319 g/mol. The van der Waals surface area contributed by atoms with Crippen LogP contribution in [0.5, 0.6) is 0 Å². The number of nitrogens with one attached hydrogen (secondary N) is 1. The van der Waals surface area contributed by atoms with E-state index in [0.29, 0.717) is 6.42 Å². The molecule has 0 heterocycles. The molecule has 0 aliphatic carbocycles. The average molecular weight is 320 g/mol. The molecular formula is C17H18ClNOS. The van der Waals surface area contributed by atoms with Crippen LogP contribution in [0.3, 0.4) is 0 Å². The second-order valence-electron chi connectivity index (χ2n) is 4.87. The Bertz CT molecular complexity index is 605. The van der Waals surface area contributed by atoms with Crippen molar-refractivity contribution in [3.63, 3.8) is 0 Å². The number of hydrogen-bond donors (Lipinski definition) is 1. The van der Waals surface area contributed by atoms with Crippen molar-refractivity contribution in [2.24, 2.45) is 0 Å². The maximum absolute atomic E-state index is 12.0. The number of carbonyl (C=O) groups is 1. The van der Waals surface area contributed by atoms with Crippen LogP contribution in [0.4, 0.5) is 5.69 Å². The van der Waals surface area contributed by atoms with Crippen molar-refractivity contribution in [3.05, 3.63) is 58.6 Å². The molecule has 4 heteroatoms. The van der Waals surface area contributed by atoms with Gasteiger partial charge in [-0.25, -0.2) is 0 Å². The van der Waals surface area contributed by atoms with Crippen molar-refractivity contribution in [3.8, 4) is 0 Å². The van der Waals surface area contributed by atoms with Gasteiger partial charge >= 0.3 is 0 Å². The van der Waals surface area contributed by atoms with E-state index >= 15 is 0 Å². The molecule has 1 N–H and O–H groups in total. The molecule has 0 unspecified atom stereocenters. The number of aryl methyl sites for hydroxylation is 2. The number of benzene rings is 2. The number of hydrogen-bond acceptors (Lipinski definition) is 2. The Morgan fingerprint density at radius 1 is 1.10 bits per heavy atom. The Kier molecular flexibility index (Phi) is 5.71. The fourth-order valence-corrected chi connectivity index (χ4v) is 2.98. The molecule has 110 valence electrons. The minimum Gasteiger partial charge on any atom is -0.326 e. The lowest BCUT2D eigenvalue weighted by molar-refractivity contribution is -0.115. The van der Waals surface area contributed by atoms with Crippen LogP contribution >= 0.6 is 23.4 Å². The molecule has 0 bridgehead atoms. The normalized spacial score (nSPS) is 10.4. The number of anilines is 1. The van der Waals surface area contributed by atoms with E-state index in [0.717, 1.165) is 32.5 Å². The summed E-state index contributed by atoms with van der Waals surface area (Å²) in [6.07, 6.45) is 0.487. The van der Waals surface area contributed by atoms with Gasteiger partial charge in [-0.3, -0.25) is 4.79 Å². The highest BCUT2D eigenvalue weighted by Crippen LogP contribution is 2.22. The summed E-state index contributed by atoms with van der Waals surface area (Å²) in [5.41, 5.74) is 3.11. The SMILES string of the molecule is Cc1cccc(C)c1NC(=O)CCSc1ccc(Cl)cc1. The second kappa shape index (κ2) is 7.53. The van der Waals surface area contributed by atoms with Crippen LogP contribution in [0.2, 0.25) is 5.02 Å². The van der Waals surface area contributed by atoms with Crippen molar-refractivity contribution in [1.82, 2.24) is 0 Å². The summed E-state index contributed by atoms with van der Waals surface area (Å²) in [7, 11) is 0. The minimum absolute atomic E-state index is 0.0499. The summed E-state index contributed by atoms with van der Waals surface area (Å²) in [5.74, 6) is 0.798. The number of rotatable bonds is 5. The Morgan fingerprint density at radius 3 is 2.33 bits per heavy atom. The van der Waals surface area contributed by atoms with E-state index in [1.54, 1.807) is 11.8 Å². The van der Waals surface area contributed by atoms with Gasteiger partial charge in [0.1, 0.15) is 0 Å². The first-order chi connectivity index (χ1) is 10.1. The molecule has 0 fully saturated rings. The lowest BCUT2D eigenvalue weighted by Crippen LogP contribution is -2.14. The van der Waals surface area contributed by atoms with Crippen LogP contribution in [0.1, 0.15) is 17.5 Å². The molecule has 0 aliphatic rings. The van der Waals surface area contributed by atoms with E-state index in [2.05, 4.69) is 5.32 Å². The zero-order chi connectivity index (χ0) is 15.2. The van der Waals surface area contributed by atoms with E-state index in [4.69, 9.17) is 11.6 Å². The second-order valence-corrected chi connectivity index (χ2v) is 6.47. The lowest BCUT2D eigenvalue weighted by Gasteiger charge is -2.11. The van der Waals surface area contributed by atoms with Gasteiger partial charge in [-0.1, -0.05) is 29.8 Å². The van der Waals surface area contributed by atoms with Gasteiger partial charge in [-0.2, -0.15) is 0 Å². The molecule has 0 aliphatic heterocycles. The maximum atomic E-state index is 12.0. The third-order valence-corrected chi connectivity index (χ3v) is 4.42. The minimum atomic E-state index is 0.0499. The zero-order valence-electron chi connectivity index (χ0n) is 12.2. The molecule has 0 saturated carbocycles. The van der Waals surface area contributed by atoms with Crippen LogP contribution < -0.4 is 5.32 Å². The molecule has 2 nitrogen and oxygen atoms in total. The average Bonchev–Trinajstić information content (AvgIpc) is 2.45. The molecule has 2 aromatic rings. The fourth-order valence-electron chi connectivity index (χ4n) is 2.01. The molecule has 1 amide bonds. The molecule has 0 aromatic heterocycles.